The zero-order valence-corrected chi connectivity index (χ0v) is 13.5. The number of anilines is 1. The van der Waals surface area contributed by atoms with Crippen LogP contribution in [0.2, 0.25) is 0 Å². The summed E-state index contributed by atoms with van der Waals surface area (Å²) >= 11 is 4.17. The molecule has 0 unspecified atom stereocenters. The molecule has 0 spiro atoms. The van der Waals surface area contributed by atoms with Crippen LogP contribution in [0.4, 0.5) is 5.69 Å². The maximum Gasteiger partial charge on any atom is 0.255 e. The Balaban J connectivity index is 2.22. The minimum absolute atomic E-state index is 0.117. The number of benzene rings is 2. The molecule has 0 heterocycles. The Labute approximate surface area is 132 Å². The highest BCUT2D eigenvalue weighted by Crippen LogP contribution is 2.22. The van der Waals surface area contributed by atoms with Crippen LogP contribution in [0.5, 0.6) is 5.75 Å². The van der Waals surface area contributed by atoms with Crippen molar-refractivity contribution in [3.63, 3.8) is 0 Å². The highest BCUT2D eigenvalue weighted by Gasteiger charge is 2.09. The van der Waals surface area contributed by atoms with Crippen molar-refractivity contribution in [1.29, 1.82) is 0 Å². The Morgan fingerprint density at radius 3 is 2.44 bits per heavy atom. The Kier molecular flexibility index (Phi) is 4.44. The van der Waals surface area contributed by atoms with E-state index in [0.717, 1.165) is 12.8 Å². The standard InChI is InChI=1S/C13H9I2NO2/c14-9-3-1-2-4-11(9)16-13(18)8-5-6-10(15)12(17)7-8/h1-7,17H,(H,16,18). The number of amides is 1. The highest BCUT2D eigenvalue weighted by atomic mass is 127. The van der Waals surface area contributed by atoms with Crippen molar-refractivity contribution in [1.82, 2.24) is 0 Å². The van der Waals surface area contributed by atoms with E-state index in [9.17, 15) is 9.90 Å². The van der Waals surface area contributed by atoms with E-state index in [-0.39, 0.29) is 11.7 Å². The predicted molar refractivity (Wildman–Crippen MR) is 87.9 cm³/mol. The molecule has 1 amide bonds. The van der Waals surface area contributed by atoms with E-state index in [4.69, 9.17) is 0 Å². The molecule has 0 saturated carbocycles. The van der Waals surface area contributed by atoms with Gasteiger partial charge >= 0.3 is 0 Å². The highest BCUT2D eigenvalue weighted by molar-refractivity contribution is 14.1. The van der Waals surface area contributed by atoms with E-state index in [2.05, 4.69) is 27.9 Å². The van der Waals surface area contributed by atoms with Crippen molar-refractivity contribution >= 4 is 56.8 Å². The first-order chi connectivity index (χ1) is 8.58. The van der Waals surface area contributed by atoms with Crippen LogP contribution in [0, 0.1) is 7.14 Å². The third kappa shape index (κ3) is 3.14. The molecule has 2 aromatic carbocycles. The number of hydrogen-bond donors (Lipinski definition) is 2. The number of carbonyl (C=O) groups excluding carboxylic acids is 1. The molecule has 2 rings (SSSR count). The van der Waals surface area contributed by atoms with Gasteiger partial charge < -0.3 is 10.4 Å². The van der Waals surface area contributed by atoms with Gasteiger partial charge in [-0.3, -0.25) is 4.79 Å². The van der Waals surface area contributed by atoms with Crippen molar-refractivity contribution in [3.05, 3.63) is 55.2 Å². The van der Waals surface area contributed by atoms with Gasteiger partial charge in [0.2, 0.25) is 0 Å². The molecule has 3 nitrogen and oxygen atoms in total. The molecule has 0 saturated heterocycles. The maximum atomic E-state index is 12.0. The normalized spacial score (nSPS) is 10.1. The van der Waals surface area contributed by atoms with Gasteiger partial charge in [0.1, 0.15) is 5.75 Å². The van der Waals surface area contributed by atoms with Gasteiger partial charge in [0.25, 0.3) is 5.91 Å². The molecule has 2 N–H and O–H groups in total. The van der Waals surface area contributed by atoms with Crippen LogP contribution in [-0.2, 0) is 0 Å². The van der Waals surface area contributed by atoms with Crippen molar-refractivity contribution in [2.24, 2.45) is 0 Å². The van der Waals surface area contributed by atoms with Crippen LogP contribution >= 0.6 is 45.2 Å². The molecular weight excluding hydrogens is 456 g/mol. The molecule has 92 valence electrons. The fraction of sp³-hybridized carbons (Fsp3) is 0. The fourth-order valence-electron chi connectivity index (χ4n) is 1.41. The first kappa shape index (κ1) is 13.6. The van der Waals surface area contributed by atoms with Crippen molar-refractivity contribution in [2.75, 3.05) is 5.32 Å². The van der Waals surface area contributed by atoms with Crippen molar-refractivity contribution < 1.29 is 9.90 Å². The third-order valence-corrected chi connectivity index (χ3v) is 4.18. The van der Waals surface area contributed by atoms with Gasteiger partial charge in [-0.2, -0.15) is 0 Å². The van der Waals surface area contributed by atoms with E-state index in [1.807, 2.05) is 46.9 Å². The van der Waals surface area contributed by atoms with Gasteiger partial charge in [-0.25, -0.2) is 0 Å². The third-order valence-electron chi connectivity index (χ3n) is 2.33. The average molecular weight is 465 g/mol. The molecule has 18 heavy (non-hydrogen) atoms. The number of para-hydroxylation sites is 1. The molecule has 0 aromatic heterocycles. The van der Waals surface area contributed by atoms with E-state index < -0.39 is 0 Å². The molecule has 0 atom stereocenters. The number of nitrogens with one attached hydrogen (secondary N) is 1. The number of aromatic hydroxyl groups is 1. The van der Waals surface area contributed by atoms with E-state index in [0.29, 0.717) is 5.56 Å². The topological polar surface area (TPSA) is 49.3 Å². The molecule has 0 aliphatic rings. The molecule has 5 heteroatoms. The van der Waals surface area contributed by atoms with Crippen LogP contribution in [0.25, 0.3) is 0 Å². The monoisotopic (exact) mass is 465 g/mol. The number of phenols is 1. The van der Waals surface area contributed by atoms with Gasteiger partial charge in [-0.15, -0.1) is 0 Å². The van der Waals surface area contributed by atoms with Gasteiger partial charge in [0, 0.05) is 9.13 Å². The number of hydrogen-bond acceptors (Lipinski definition) is 2. The Morgan fingerprint density at radius 1 is 1.06 bits per heavy atom. The summed E-state index contributed by atoms with van der Waals surface area (Å²) in [5.74, 6) is -0.114. The Bertz CT molecular complexity index is 599. The zero-order valence-electron chi connectivity index (χ0n) is 9.15. The van der Waals surface area contributed by atoms with Crippen LogP contribution < -0.4 is 5.32 Å². The average Bonchev–Trinajstić information content (AvgIpc) is 2.35. The number of rotatable bonds is 2. The minimum atomic E-state index is -0.231. The fourth-order valence-corrected chi connectivity index (χ4v) is 2.27. The lowest BCUT2D eigenvalue weighted by Crippen LogP contribution is -2.12. The quantitative estimate of drug-likeness (QED) is 0.663. The van der Waals surface area contributed by atoms with Crippen LogP contribution in [0.3, 0.4) is 0 Å². The number of carbonyl (C=O) groups is 1. The van der Waals surface area contributed by atoms with Crippen LogP contribution in [0.1, 0.15) is 10.4 Å². The Morgan fingerprint density at radius 2 is 1.78 bits per heavy atom. The molecule has 0 aliphatic heterocycles. The lowest BCUT2D eigenvalue weighted by atomic mass is 10.2. The summed E-state index contributed by atoms with van der Waals surface area (Å²) in [6, 6.07) is 12.4. The van der Waals surface area contributed by atoms with Crippen molar-refractivity contribution in [2.45, 2.75) is 0 Å². The van der Waals surface area contributed by atoms with Gasteiger partial charge in [-0.1, -0.05) is 12.1 Å². The second-order valence-electron chi connectivity index (χ2n) is 3.60. The molecular formula is C13H9I2NO2. The second kappa shape index (κ2) is 5.87. The van der Waals surface area contributed by atoms with Crippen molar-refractivity contribution in [3.8, 4) is 5.75 Å². The van der Waals surface area contributed by atoms with Gasteiger partial charge in [-0.05, 0) is 75.5 Å². The summed E-state index contributed by atoms with van der Waals surface area (Å²) < 4.78 is 1.69. The summed E-state index contributed by atoms with van der Waals surface area (Å²) in [4.78, 5) is 12.0. The van der Waals surface area contributed by atoms with E-state index >= 15 is 0 Å². The summed E-state index contributed by atoms with van der Waals surface area (Å²) in [6.45, 7) is 0. The molecule has 0 radical (unpaired) electrons. The summed E-state index contributed by atoms with van der Waals surface area (Å²) in [5.41, 5.74) is 1.20. The lowest BCUT2D eigenvalue weighted by molar-refractivity contribution is 0.102. The minimum Gasteiger partial charge on any atom is -0.507 e. The molecule has 0 bridgehead atoms. The first-order valence-electron chi connectivity index (χ1n) is 5.12. The van der Waals surface area contributed by atoms with Gasteiger partial charge in [0.05, 0.1) is 9.26 Å². The predicted octanol–water partition coefficient (Wildman–Crippen LogP) is 3.85. The largest absolute Gasteiger partial charge is 0.507 e. The smallest absolute Gasteiger partial charge is 0.255 e. The molecule has 0 fully saturated rings. The zero-order chi connectivity index (χ0) is 13.1. The summed E-state index contributed by atoms with van der Waals surface area (Å²) in [6.07, 6.45) is 0. The van der Waals surface area contributed by atoms with Crippen LogP contribution in [-0.4, -0.2) is 11.0 Å². The second-order valence-corrected chi connectivity index (χ2v) is 5.92. The molecule has 0 aliphatic carbocycles. The van der Waals surface area contributed by atoms with E-state index in [1.54, 1.807) is 12.1 Å². The van der Waals surface area contributed by atoms with Crippen LogP contribution in [0.15, 0.2) is 42.5 Å². The maximum absolute atomic E-state index is 12.0. The first-order valence-corrected chi connectivity index (χ1v) is 7.28. The number of phenolic OH excluding ortho intramolecular Hbond substituents is 1. The summed E-state index contributed by atoms with van der Waals surface area (Å²) in [5, 5.41) is 12.4. The number of halogens is 2. The van der Waals surface area contributed by atoms with E-state index in [1.165, 1.54) is 6.07 Å². The Hall–Kier alpha value is -0.830. The molecule has 2 aromatic rings. The van der Waals surface area contributed by atoms with Gasteiger partial charge in [0.15, 0.2) is 0 Å². The SMILES string of the molecule is O=C(Nc1ccccc1I)c1ccc(I)c(O)c1. The lowest BCUT2D eigenvalue weighted by Gasteiger charge is -2.07. The summed E-state index contributed by atoms with van der Waals surface area (Å²) in [7, 11) is 0.